The van der Waals surface area contributed by atoms with Crippen molar-refractivity contribution >= 4 is 34.7 Å². The molecule has 5 aromatic rings. The molecule has 5 rings (SSSR count). The zero-order valence-electron chi connectivity index (χ0n) is 21.1. The van der Waals surface area contributed by atoms with E-state index in [2.05, 4.69) is 15.5 Å². The largest absolute Gasteiger partial charge is 0.467 e. The molecule has 1 N–H and O–H groups in total. The predicted molar refractivity (Wildman–Crippen MR) is 147 cm³/mol. The number of thioether (sulfide) groups is 1. The third-order valence-corrected chi connectivity index (χ3v) is 6.88. The van der Waals surface area contributed by atoms with Crippen molar-refractivity contribution in [3.63, 3.8) is 0 Å². The number of benzene rings is 3. The lowest BCUT2D eigenvalue weighted by molar-refractivity contribution is -0.137. The van der Waals surface area contributed by atoms with E-state index in [1.807, 2.05) is 60.7 Å². The zero-order chi connectivity index (χ0) is 28.0. The molecule has 0 spiro atoms. The maximum absolute atomic E-state index is 13.5. The Labute approximate surface area is 232 Å². The number of nitrogens with zero attached hydrogens (tertiary/aromatic N) is 4. The van der Waals surface area contributed by atoms with E-state index in [4.69, 9.17) is 4.42 Å². The zero-order valence-corrected chi connectivity index (χ0v) is 21.9. The van der Waals surface area contributed by atoms with Crippen LogP contribution in [0.3, 0.4) is 0 Å². The molecule has 204 valence electrons. The van der Waals surface area contributed by atoms with Crippen molar-refractivity contribution < 1.29 is 22.4 Å². The Bertz CT molecular complexity index is 1500. The molecule has 40 heavy (non-hydrogen) atoms. The molecule has 0 aliphatic carbocycles. The smallest absolute Gasteiger partial charge is 0.416 e. The van der Waals surface area contributed by atoms with Crippen LogP contribution in [0.15, 0.2) is 113 Å². The molecule has 3 aromatic carbocycles. The molecule has 0 bridgehead atoms. The summed E-state index contributed by atoms with van der Waals surface area (Å²) in [6.07, 6.45) is -2.89. The maximum atomic E-state index is 13.5. The quantitative estimate of drug-likeness (QED) is 0.184. The van der Waals surface area contributed by atoms with Gasteiger partial charge in [0.05, 0.1) is 30.7 Å². The Morgan fingerprint density at radius 2 is 1.60 bits per heavy atom. The lowest BCUT2D eigenvalue weighted by Crippen LogP contribution is -2.27. The number of hydrogen-bond donors (Lipinski definition) is 1. The number of furan rings is 1. The van der Waals surface area contributed by atoms with Crippen molar-refractivity contribution in [1.29, 1.82) is 0 Å². The summed E-state index contributed by atoms with van der Waals surface area (Å²) < 4.78 is 46.7. The number of halogens is 3. The summed E-state index contributed by atoms with van der Waals surface area (Å²) in [4.78, 5) is 15.2. The van der Waals surface area contributed by atoms with Crippen LogP contribution in [0.5, 0.6) is 0 Å². The Kier molecular flexibility index (Phi) is 8.20. The number of anilines is 3. The highest BCUT2D eigenvalue weighted by Gasteiger charge is 2.30. The van der Waals surface area contributed by atoms with Gasteiger partial charge >= 0.3 is 6.18 Å². The molecule has 0 saturated heterocycles. The van der Waals surface area contributed by atoms with Crippen LogP contribution in [0.25, 0.3) is 0 Å². The third-order valence-electron chi connectivity index (χ3n) is 5.93. The maximum Gasteiger partial charge on any atom is 0.416 e. The van der Waals surface area contributed by atoms with E-state index >= 15 is 0 Å². The lowest BCUT2D eigenvalue weighted by atomic mass is 10.2. The van der Waals surface area contributed by atoms with E-state index in [1.54, 1.807) is 33.9 Å². The highest BCUT2D eigenvalue weighted by Crippen LogP contribution is 2.31. The van der Waals surface area contributed by atoms with Crippen LogP contribution in [0.2, 0.25) is 0 Å². The molecule has 7 nitrogen and oxygen atoms in total. The van der Waals surface area contributed by atoms with Gasteiger partial charge in [0.2, 0.25) is 5.91 Å². The van der Waals surface area contributed by atoms with Gasteiger partial charge in [-0.1, -0.05) is 54.2 Å². The highest BCUT2D eigenvalue weighted by molar-refractivity contribution is 7.99. The standard InChI is InChI=1S/C29H24F3N5O2S/c30-29(31,32)21-9-7-10-22(17-21)33-18-26-34-35-28(36(26)19-25-15-8-16-39-25)40-20-27(38)37(23-11-3-1-4-12-23)24-13-5-2-6-14-24/h1-17,33H,18-20H2. The molecule has 0 atom stereocenters. The summed E-state index contributed by atoms with van der Waals surface area (Å²) in [5.74, 6) is 1.04. The molecule has 1 amide bonds. The van der Waals surface area contributed by atoms with Crippen molar-refractivity contribution in [2.45, 2.75) is 24.4 Å². The SMILES string of the molecule is O=C(CSc1nnc(CNc2cccc(C(F)(F)F)c2)n1Cc1ccco1)N(c1ccccc1)c1ccccc1. The summed E-state index contributed by atoms with van der Waals surface area (Å²) in [5, 5.41) is 12.0. The molecular formula is C29H24F3N5O2S. The molecule has 0 radical (unpaired) electrons. The second kappa shape index (κ2) is 12.1. The highest BCUT2D eigenvalue weighted by atomic mass is 32.2. The average Bonchev–Trinajstić information content (AvgIpc) is 3.62. The minimum Gasteiger partial charge on any atom is -0.467 e. The fourth-order valence-corrected chi connectivity index (χ4v) is 4.85. The van der Waals surface area contributed by atoms with E-state index in [0.29, 0.717) is 22.4 Å². The van der Waals surface area contributed by atoms with Crippen LogP contribution in [-0.4, -0.2) is 26.4 Å². The van der Waals surface area contributed by atoms with Gasteiger partial charge in [0.25, 0.3) is 0 Å². The molecular weight excluding hydrogens is 539 g/mol. The van der Waals surface area contributed by atoms with Crippen LogP contribution in [0.1, 0.15) is 17.1 Å². The minimum absolute atomic E-state index is 0.0706. The fourth-order valence-electron chi connectivity index (χ4n) is 4.04. The molecule has 0 aliphatic heterocycles. The number of amides is 1. The number of aromatic nitrogens is 3. The molecule has 0 fully saturated rings. The third kappa shape index (κ3) is 6.55. The van der Waals surface area contributed by atoms with Crippen molar-refractivity contribution in [1.82, 2.24) is 14.8 Å². The summed E-state index contributed by atoms with van der Waals surface area (Å²) in [6, 6.07) is 27.2. The van der Waals surface area contributed by atoms with Crippen LogP contribution in [0.4, 0.5) is 30.2 Å². The molecule has 0 saturated carbocycles. The predicted octanol–water partition coefficient (Wildman–Crippen LogP) is 7.01. The monoisotopic (exact) mass is 563 g/mol. The molecule has 11 heteroatoms. The van der Waals surface area contributed by atoms with Gasteiger partial charge in [-0.15, -0.1) is 10.2 Å². The molecule has 2 aromatic heterocycles. The van der Waals surface area contributed by atoms with Gasteiger partial charge in [0.1, 0.15) is 5.76 Å². The van der Waals surface area contributed by atoms with Gasteiger partial charge in [-0.05, 0) is 54.6 Å². The number of para-hydroxylation sites is 2. The van der Waals surface area contributed by atoms with Crippen molar-refractivity contribution in [3.05, 3.63) is 120 Å². The van der Waals surface area contributed by atoms with Gasteiger partial charge in [0.15, 0.2) is 11.0 Å². The minimum atomic E-state index is -4.44. The number of hydrogen-bond acceptors (Lipinski definition) is 6. The van der Waals surface area contributed by atoms with Crippen molar-refractivity contribution in [3.8, 4) is 0 Å². The van der Waals surface area contributed by atoms with E-state index in [9.17, 15) is 18.0 Å². The number of alkyl halides is 3. The second-order valence-corrected chi connectivity index (χ2v) is 9.63. The second-order valence-electron chi connectivity index (χ2n) is 8.69. The van der Waals surface area contributed by atoms with Crippen LogP contribution < -0.4 is 10.2 Å². The Morgan fingerprint density at radius 1 is 0.900 bits per heavy atom. The Balaban J connectivity index is 1.35. The van der Waals surface area contributed by atoms with E-state index < -0.39 is 11.7 Å². The summed E-state index contributed by atoms with van der Waals surface area (Å²) in [7, 11) is 0. The van der Waals surface area contributed by atoms with Crippen molar-refractivity contribution in [2.75, 3.05) is 16.0 Å². The van der Waals surface area contributed by atoms with Gasteiger partial charge in [-0.25, -0.2) is 0 Å². The first-order valence-corrected chi connectivity index (χ1v) is 13.3. The summed E-state index contributed by atoms with van der Waals surface area (Å²) in [5.41, 5.74) is 1.03. The molecule has 0 unspecified atom stereocenters. The van der Waals surface area contributed by atoms with E-state index in [1.165, 1.54) is 17.8 Å². The lowest BCUT2D eigenvalue weighted by Gasteiger charge is -2.23. The number of carbonyl (C=O) groups excluding carboxylic acids is 1. The van der Waals surface area contributed by atoms with E-state index in [0.717, 1.165) is 23.5 Å². The number of nitrogens with one attached hydrogen (secondary N) is 1. The van der Waals surface area contributed by atoms with Crippen LogP contribution in [-0.2, 0) is 24.1 Å². The van der Waals surface area contributed by atoms with Gasteiger partial charge in [0, 0.05) is 17.1 Å². The van der Waals surface area contributed by atoms with Gasteiger partial charge in [-0.3, -0.25) is 14.3 Å². The topological polar surface area (TPSA) is 76.2 Å². The normalized spacial score (nSPS) is 11.4. The molecule has 2 heterocycles. The van der Waals surface area contributed by atoms with Gasteiger partial charge < -0.3 is 9.73 Å². The average molecular weight is 564 g/mol. The van der Waals surface area contributed by atoms with Crippen molar-refractivity contribution in [2.24, 2.45) is 0 Å². The number of carbonyl (C=O) groups is 1. The summed E-state index contributed by atoms with van der Waals surface area (Å²) in [6.45, 7) is 0.404. The van der Waals surface area contributed by atoms with Gasteiger partial charge in [-0.2, -0.15) is 13.2 Å². The summed E-state index contributed by atoms with van der Waals surface area (Å²) >= 11 is 1.22. The fraction of sp³-hybridized carbons (Fsp3) is 0.138. The van der Waals surface area contributed by atoms with E-state index in [-0.39, 0.29) is 24.7 Å². The van der Waals surface area contributed by atoms with Crippen LogP contribution >= 0.6 is 11.8 Å². The first-order valence-electron chi connectivity index (χ1n) is 12.3. The first kappa shape index (κ1) is 27.1. The number of rotatable bonds is 10. The van der Waals surface area contributed by atoms with Crippen LogP contribution in [0, 0.1) is 0 Å². The Morgan fingerprint density at radius 3 is 2.23 bits per heavy atom. The molecule has 0 aliphatic rings. The Hall–Kier alpha value is -4.51. The first-order chi connectivity index (χ1) is 19.4.